The van der Waals surface area contributed by atoms with Gasteiger partial charge in [0.05, 0.1) is 7.11 Å². The first kappa shape index (κ1) is 16.0. The van der Waals surface area contributed by atoms with E-state index in [9.17, 15) is 0 Å². The lowest BCUT2D eigenvalue weighted by molar-refractivity contribution is 0.141. The summed E-state index contributed by atoms with van der Waals surface area (Å²) in [4.78, 5) is 2.47. The van der Waals surface area contributed by atoms with Crippen LogP contribution in [-0.2, 0) is 6.54 Å². The van der Waals surface area contributed by atoms with Crippen LogP contribution in [0.4, 0.5) is 0 Å². The molecular formula is C20H26N2O. The normalized spacial score (nSPS) is 22.0. The van der Waals surface area contributed by atoms with Gasteiger partial charge in [0, 0.05) is 24.2 Å². The van der Waals surface area contributed by atoms with E-state index >= 15 is 0 Å². The molecule has 0 bridgehead atoms. The molecule has 3 nitrogen and oxygen atoms in total. The van der Waals surface area contributed by atoms with Gasteiger partial charge in [-0.3, -0.25) is 4.90 Å². The van der Waals surface area contributed by atoms with Crippen molar-refractivity contribution in [3.63, 3.8) is 0 Å². The molecule has 3 heteroatoms. The predicted octanol–water partition coefficient (Wildman–Crippen LogP) is 3.62. The van der Waals surface area contributed by atoms with Crippen LogP contribution in [-0.4, -0.2) is 31.6 Å². The first-order valence-corrected chi connectivity index (χ1v) is 8.40. The molecule has 2 aromatic rings. The Kier molecular flexibility index (Phi) is 5.31. The van der Waals surface area contributed by atoms with Crippen molar-refractivity contribution in [2.45, 2.75) is 31.5 Å². The third kappa shape index (κ3) is 3.74. The van der Waals surface area contributed by atoms with Crippen LogP contribution in [0, 0.1) is 0 Å². The molecule has 122 valence electrons. The third-order valence-corrected chi connectivity index (χ3v) is 4.77. The summed E-state index contributed by atoms with van der Waals surface area (Å²) in [6.45, 7) is 2.00. The molecule has 23 heavy (non-hydrogen) atoms. The first-order chi connectivity index (χ1) is 11.3. The van der Waals surface area contributed by atoms with Gasteiger partial charge in [0.1, 0.15) is 5.75 Å². The zero-order valence-electron chi connectivity index (χ0n) is 14.0. The van der Waals surface area contributed by atoms with E-state index in [0.29, 0.717) is 12.1 Å². The summed E-state index contributed by atoms with van der Waals surface area (Å²) in [5.41, 5.74) is 2.61. The highest BCUT2D eigenvalue weighted by Gasteiger charge is 2.30. The Morgan fingerprint density at radius 3 is 2.61 bits per heavy atom. The van der Waals surface area contributed by atoms with E-state index in [1.165, 1.54) is 24.0 Å². The van der Waals surface area contributed by atoms with E-state index < -0.39 is 0 Å². The molecule has 0 aliphatic carbocycles. The predicted molar refractivity (Wildman–Crippen MR) is 94.7 cm³/mol. The lowest BCUT2D eigenvalue weighted by Crippen LogP contribution is -2.46. The van der Waals surface area contributed by atoms with Crippen LogP contribution in [0.2, 0.25) is 0 Å². The van der Waals surface area contributed by atoms with Gasteiger partial charge in [0.15, 0.2) is 0 Å². The topological polar surface area (TPSA) is 24.5 Å². The van der Waals surface area contributed by atoms with E-state index in [4.69, 9.17) is 4.74 Å². The molecule has 0 aromatic heterocycles. The molecular weight excluding hydrogens is 284 g/mol. The molecule has 1 aliphatic heterocycles. The molecule has 1 fully saturated rings. The van der Waals surface area contributed by atoms with Crippen LogP contribution in [0.3, 0.4) is 0 Å². The van der Waals surface area contributed by atoms with Crippen LogP contribution >= 0.6 is 0 Å². The molecule has 0 radical (unpaired) electrons. The molecule has 3 rings (SSSR count). The van der Waals surface area contributed by atoms with Crippen molar-refractivity contribution in [2.24, 2.45) is 0 Å². The maximum absolute atomic E-state index is 5.47. The number of likely N-dealkylation sites (tertiary alicyclic amines) is 1. The number of benzene rings is 2. The highest BCUT2D eigenvalue weighted by Crippen LogP contribution is 2.30. The smallest absolute Gasteiger partial charge is 0.123 e. The minimum atomic E-state index is 0.430. The number of nitrogens with zero attached hydrogens (tertiary/aromatic N) is 1. The number of piperidine rings is 1. The number of rotatable bonds is 5. The average molecular weight is 310 g/mol. The van der Waals surface area contributed by atoms with Crippen molar-refractivity contribution >= 4 is 0 Å². The quantitative estimate of drug-likeness (QED) is 0.913. The second-order valence-electron chi connectivity index (χ2n) is 6.28. The van der Waals surface area contributed by atoms with Gasteiger partial charge in [0.25, 0.3) is 0 Å². The Hall–Kier alpha value is -1.84. The fraction of sp³-hybridized carbons (Fsp3) is 0.400. The van der Waals surface area contributed by atoms with E-state index in [0.717, 1.165) is 18.8 Å². The van der Waals surface area contributed by atoms with Crippen LogP contribution in [0.1, 0.15) is 30.0 Å². The molecule has 1 heterocycles. The van der Waals surface area contributed by atoms with Crippen LogP contribution in [0.15, 0.2) is 54.6 Å². The standard InChI is InChI=1S/C20H26N2O/c1-22-14-8-12-18(20(22)16-9-4-3-5-10-16)21-15-17-11-6-7-13-19(17)23-2/h3-7,9-11,13,18,20-21H,8,12,14-15H2,1-2H3. The minimum Gasteiger partial charge on any atom is -0.496 e. The van der Waals surface area contributed by atoms with E-state index in [-0.39, 0.29) is 0 Å². The second-order valence-corrected chi connectivity index (χ2v) is 6.28. The van der Waals surface area contributed by atoms with Gasteiger partial charge in [-0.15, -0.1) is 0 Å². The van der Waals surface area contributed by atoms with Gasteiger partial charge in [-0.2, -0.15) is 0 Å². The van der Waals surface area contributed by atoms with Crippen molar-refractivity contribution in [1.82, 2.24) is 10.2 Å². The number of nitrogens with one attached hydrogen (secondary N) is 1. The fourth-order valence-electron chi connectivity index (χ4n) is 3.61. The average Bonchev–Trinajstić information content (AvgIpc) is 2.61. The van der Waals surface area contributed by atoms with Gasteiger partial charge in [-0.05, 0) is 38.1 Å². The maximum Gasteiger partial charge on any atom is 0.123 e. The van der Waals surface area contributed by atoms with Crippen LogP contribution < -0.4 is 10.1 Å². The van der Waals surface area contributed by atoms with Crippen molar-refractivity contribution in [1.29, 1.82) is 0 Å². The highest BCUT2D eigenvalue weighted by molar-refractivity contribution is 5.33. The molecule has 2 unspecified atom stereocenters. The second kappa shape index (κ2) is 7.62. The molecule has 2 atom stereocenters. The monoisotopic (exact) mass is 310 g/mol. The van der Waals surface area contributed by atoms with Gasteiger partial charge in [-0.1, -0.05) is 48.5 Å². The van der Waals surface area contributed by atoms with Gasteiger partial charge in [-0.25, -0.2) is 0 Å². The highest BCUT2D eigenvalue weighted by atomic mass is 16.5. The lowest BCUT2D eigenvalue weighted by atomic mass is 9.90. The summed E-state index contributed by atoms with van der Waals surface area (Å²) in [5.74, 6) is 0.959. The summed E-state index contributed by atoms with van der Waals surface area (Å²) in [6.07, 6.45) is 2.45. The van der Waals surface area contributed by atoms with Crippen LogP contribution in [0.5, 0.6) is 5.75 Å². The zero-order chi connectivity index (χ0) is 16.1. The summed E-state index contributed by atoms with van der Waals surface area (Å²) in [6, 6.07) is 20.0. The summed E-state index contributed by atoms with van der Waals surface area (Å²) in [5, 5.41) is 3.77. The summed E-state index contributed by atoms with van der Waals surface area (Å²) >= 11 is 0. The van der Waals surface area contributed by atoms with Crippen molar-refractivity contribution in [3.05, 3.63) is 65.7 Å². The number of para-hydroxylation sites is 1. The Bertz CT molecular complexity index is 614. The molecule has 2 aromatic carbocycles. The van der Waals surface area contributed by atoms with Crippen molar-refractivity contribution in [2.75, 3.05) is 20.7 Å². The molecule has 1 saturated heterocycles. The molecule has 1 aliphatic rings. The molecule has 0 spiro atoms. The number of hydrogen-bond acceptors (Lipinski definition) is 3. The Morgan fingerprint density at radius 1 is 1.09 bits per heavy atom. The van der Waals surface area contributed by atoms with Crippen molar-refractivity contribution in [3.8, 4) is 5.75 Å². The number of ether oxygens (including phenoxy) is 1. The zero-order valence-corrected chi connectivity index (χ0v) is 14.0. The SMILES string of the molecule is COc1ccccc1CNC1CCCN(C)C1c1ccccc1. The first-order valence-electron chi connectivity index (χ1n) is 8.40. The largest absolute Gasteiger partial charge is 0.496 e. The number of hydrogen-bond donors (Lipinski definition) is 1. The molecule has 0 saturated carbocycles. The Balaban J connectivity index is 1.74. The van der Waals surface area contributed by atoms with Gasteiger partial charge < -0.3 is 10.1 Å². The van der Waals surface area contributed by atoms with Crippen molar-refractivity contribution < 1.29 is 4.74 Å². The lowest BCUT2D eigenvalue weighted by Gasteiger charge is -2.40. The Morgan fingerprint density at radius 2 is 1.83 bits per heavy atom. The van der Waals surface area contributed by atoms with Crippen LogP contribution in [0.25, 0.3) is 0 Å². The number of methoxy groups -OCH3 is 1. The van der Waals surface area contributed by atoms with E-state index in [1.807, 2.05) is 12.1 Å². The molecule has 0 amide bonds. The molecule has 1 N–H and O–H groups in total. The maximum atomic E-state index is 5.47. The minimum absolute atomic E-state index is 0.430. The third-order valence-electron chi connectivity index (χ3n) is 4.77. The van der Waals surface area contributed by atoms with E-state index in [2.05, 4.69) is 59.7 Å². The van der Waals surface area contributed by atoms with Gasteiger partial charge >= 0.3 is 0 Å². The fourth-order valence-corrected chi connectivity index (χ4v) is 3.61. The summed E-state index contributed by atoms with van der Waals surface area (Å²) in [7, 11) is 3.97. The van der Waals surface area contributed by atoms with Gasteiger partial charge in [0.2, 0.25) is 0 Å². The number of likely N-dealkylation sites (N-methyl/N-ethyl adjacent to an activating group) is 1. The Labute approximate surface area is 139 Å². The summed E-state index contributed by atoms with van der Waals surface area (Å²) < 4.78 is 5.47. The van der Waals surface area contributed by atoms with E-state index in [1.54, 1.807) is 7.11 Å².